The van der Waals surface area contributed by atoms with Gasteiger partial charge in [-0.3, -0.25) is 4.79 Å². The number of benzene rings is 1. The van der Waals surface area contributed by atoms with Crippen molar-refractivity contribution in [2.45, 2.75) is 39.7 Å². The summed E-state index contributed by atoms with van der Waals surface area (Å²) in [5.41, 5.74) is 6.54. The van der Waals surface area contributed by atoms with Gasteiger partial charge < -0.3 is 24.8 Å². The van der Waals surface area contributed by atoms with Crippen LogP contribution in [0.4, 0.5) is 0 Å². The Labute approximate surface area is 143 Å². The van der Waals surface area contributed by atoms with Gasteiger partial charge in [0.05, 0.1) is 19.8 Å². The van der Waals surface area contributed by atoms with E-state index in [1.807, 2.05) is 20.8 Å². The zero-order valence-corrected chi connectivity index (χ0v) is 14.8. The molecule has 1 aliphatic rings. The predicted molar refractivity (Wildman–Crippen MR) is 93.1 cm³/mol. The first-order valence-corrected chi connectivity index (χ1v) is 8.71. The first-order chi connectivity index (χ1) is 11.6. The van der Waals surface area contributed by atoms with E-state index in [1.54, 1.807) is 17.0 Å². The molecule has 2 rings (SSSR count). The molecule has 0 bridgehead atoms. The third kappa shape index (κ3) is 4.32. The number of nitrogens with zero attached hydrogens (tertiary/aromatic N) is 1. The number of carbonyl (C=O) groups excluding carboxylic acids is 1. The van der Waals surface area contributed by atoms with Crippen molar-refractivity contribution in [3.05, 3.63) is 17.7 Å². The van der Waals surface area contributed by atoms with Crippen LogP contribution in [-0.4, -0.2) is 49.8 Å². The van der Waals surface area contributed by atoms with Crippen molar-refractivity contribution in [1.29, 1.82) is 0 Å². The monoisotopic (exact) mass is 336 g/mol. The number of rotatable bonds is 7. The van der Waals surface area contributed by atoms with Gasteiger partial charge in [0.25, 0.3) is 5.91 Å². The van der Waals surface area contributed by atoms with Crippen LogP contribution in [0.15, 0.2) is 12.1 Å². The van der Waals surface area contributed by atoms with Crippen LogP contribution in [0.5, 0.6) is 17.2 Å². The summed E-state index contributed by atoms with van der Waals surface area (Å²) < 4.78 is 17.0. The Balaban J connectivity index is 2.36. The molecule has 0 unspecified atom stereocenters. The zero-order chi connectivity index (χ0) is 17.5. The Kier molecular flexibility index (Phi) is 6.73. The number of hydrogen-bond donors (Lipinski definition) is 1. The van der Waals surface area contributed by atoms with E-state index in [0.717, 1.165) is 19.4 Å². The third-order valence-corrected chi connectivity index (χ3v) is 3.90. The van der Waals surface area contributed by atoms with E-state index in [1.165, 1.54) is 0 Å². The van der Waals surface area contributed by atoms with E-state index < -0.39 is 0 Å². The lowest BCUT2D eigenvalue weighted by Gasteiger charge is -2.31. The fourth-order valence-corrected chi connectivity index (χ4v) is 2.89. The maximum Gasteiger partial charge on any atom is 0.254 e. The summed E-state index contributed by atoms with van der Waals surface area (Å²) in [5, 5.41) is 0. The summed E-state index contributed by atoms with van der Waals surface area (Å²) in [5.74, 6) is 1.58. The van der Waals surface area contributed by atoms with Crippen molar-refractivity contribution in [3.8, 4) is 17.2 Å². The second-order valence-corrected chi connectivity index (χ2v) is 5.75. The quantitative estimate of drug-likeness (QED) is 0.828. The Morgan fingerprint density at radius 3 is 2.21 bits per heavy atom. The van der Waals surface area contributed by atoms with Crippen LogP contribution >= 0.6 is 0 Å². The van der Waals surface area contributed by atoms with Crippen molar-refractivity contribution < 1.29 is 19.0 Å². The second-order valence-electron chi connectivity index (χ2n) is 5.75. The van der Waals surface area contributed by atoms with Crippen molar-refractivity contribution in [2.75, 3.05) is 32.9 Å². The molecule has 1 aromatic carbocycles. The van der Waals surface area contributed by atoms with E-state index >= 15 is 0 Å². The van der Waals surface area contributed by atoms with Crippen LogP contribution in [-0.2, 0) is 0 Å². The number of likely N-dealkylation sites (tertiary alicyclic amines) is 1. The number of amides is 1. The standard InChI is InChI=1S/C18H28N2O4/c1-4-22-15-10-13(11-16(23-5-2)17(15)24-6-3)18(21)20-9-7-8-14(19)12-20/h10-11,14H,4-9,12,19H2,1-3H3/t14-/m1/s1. The van der Waals surface area contributed by atoms with Gasteiger partial charge in [0.1, 0.15) is 0 Å². The van der Waals surface area contributed by atoms with Gasteiger partial charge in [-0.25, -0.2) is 0 Å². The van der Waals surface area contributed by atoms with E-state index in [9.17, 15) is 4.79 Å². The molecule has 0 spiro atoms. The lowest BCUT2D eigenvalue weighted by Crippen LogP contribution is -2.45. The second kappa shape index (κ2) is 8.78. The van der Waals surface area contributed by atoms with Gasteiger partial charge in [0.15, 0.2) is 11.5 Å². The minimum Gasteiger partial charge on any atom is -0.490 e. The topological polar surface area (TPSA) is 74.0 Å². The normalized spacial score (nSPS) is 17.5. The highest BCUT2D eigenvalue weighted by molar-refractivity contribution is 5.95. The Bertz CT molecular complexity index is 535. The molecule has 1 saturated heterocycles. The fraction of sp³-hybridized carbons (Fsp3) is 0.611. The van der Waals surface area contributed by atoms with Gasteiger partial charge in [0, 0.05) is 24.7 Å². The van der Waals surface area contributed by atoms with E-state index in [-0.39, 0.29) is 11.9 Å². The summed E-state index contributed by atoms with van der Waals surface area (Å²) in [6.45, 7) is 8.47. The predicted octanol–water partition coefficient (Wildman–Crippen LogP) is 2.45. The first-order valence-electron chi connectivity index (χ1n) is 8.71. The Morgan fingerprint density at radius 2 is 1.71 bits per heavy atom. The lowest BCUT2D eigenvalue weighted by atomic mass is 10.0. The number of hydrogen-bond acceptors (Lipinski definition) is 5. The minimum atomic E-state index is -0.0462. The zero-order valence-electron chi connectivity index (χ0n) is 14.8. The van der Waals surface area contributed by atoms with Gasteiger partial charge in [-0.05, 0) is 45.7 Å². The molecule has 0 aliphatic carbocycles. The summed E-state index contributed by atoms with van der Waals surface area (Å²) in [6.07, 6.45) is 1.89. The highest BCUT2D eigenvalue weighted by atomic mass is 16.5. The lowest BCUT2D eigenvalue weighted by molar-refractivity contribution is 0.0707. The number of carbonyl (C=O) groups is 1. The Hall–Kier alpha value is -1.95. The summed E-state index contributed by atoms with van der Waals surface area (Å²) >= 11 is 0. The third-order valence-electron chi connectivity index (χ3n) is 3.90. The molecular weight excluding hydrogens is 308 g/mol. The molecule has 1 amide bonds. The molecular formula is C18H28N2O4. The molecule has 0 saturated carbocycles. The van der Waals surface area contributed by atoms with E-state index in [4.69, 9.17) is 19.9 Å². The average molecular weight is 336 g/mol. The Morgan fingerprint density at radius 1 is 1.12 bits per heavy atom. The molecule has 1 aliphatic heterocycles. The van der Waals surface area contributed by atoms with Crippen molar-refractivity contribution in [2.24, 2.45) is 5.73 Å². The number of piperidine rings is 1. The highest BCUT2D eigenvalue weighted by Crippen LogP contribution is 2.39. The van der Waals surface area contributed by atoms with Gasteiger partial charge in [-0.2, -0.15) is 0 Å². The van der Waals surface area contributed by atoms with Gasteiger partial charge in [0.2, 0.25) is 5.75 Å². The first kappa shape index (κ1) is 18.4. The average Bonchev–Trinajstić information content (AvgIpc) is 2.57. The van der Waals surface area contributed by atoms with Crippen LogP contribution in [0, 0.1) is 0 Å². The van der Waals surface area contributed by atoms with Crippen LogP contribution in [0.3, 0.4) is 0 Å². The van der Waals surface area contributed by atoms with Crippen LogP contribution < -0.4 is 19.9 Å². The molecule has 134 valence electrons. The van der Waals surface area contributed by atoms with E-state index in [2.05, 4.69) is 0 Å². The molecule has 1 aromatic rings. The minimum absolute atomic E-state index is 0.0446. The summed E-state index contributed by atoms with van der Waals surface area (Å²) in [7, 11) is 0. The summed E-state index contributed by atoms with van der Waals surface area (Å²) in [4.78, 5) is 14.6. The smallest absolute Gasteiger partial charge is 0.254 e. The summed E-state index contributed by atoms with van der Waals surface area (Å²) in [6, 6.07) is 3.52. The van der Waals surface area contributed by atoms with Crippen LogP contribution in [0.2, 0.25) is 0 Å². The molecule has 1 fully saturated rings. The highest BCUT2D eigenvalue weighted by Gasteiger charge is 2.25. The largest absolute Gasteiger partial charge is 0.490 e. The van der Waals surface area contributed by atoms with E-state index in [0.29, 0.717) is 49.2 Å². The molecule has 24 heavy (non-hydrogen) atoms. The maximum atomic E-state index is 12.8. The maximum absolute atomic E-state index is 12.8. The van der Waals surface area contributed by atoms with Crippen LogP contribution in [0.1, 0.15) is 44.0 Å². The van der Waals surface area contributed by atoms with Crippen molar-refractivity contribution in [3.63, 3.8) is 0 Å². The SMILES string of the molecule is CCOc1cc(C(=O)N2CCC[C@@H](N)C2)cc(OCC)c1OCC. The van der Waals surface area contributed by atoms with Crippen LogP contribution in [0.25, 0.3) is 0 Å². The molecule has 6 heteroatoms. The van der Waals surface area contributed by atoms with Gasteiger partial charge in [-0.1, -0.05) is 0 Å². The fourth-order valence-electron chi connectivity index (χ4n) is 2.89. The number of ether oxygens (including phenoxy) is 3. The molecule has 0 radical (unpaired) electrons. The molecule has 2 N–H and O–H groups in total. The van der Waals surface area contributed by atoms with Crippen molar-refractivity contribution >= 4 is 5.91 Å². The van der Waals surface area contributed by atoms with Gasteiger partial charge in [-0.15, -0.1) is 0 Å². The molecule has 1 atom stereocenters. The number of nitrogens with two attached hydrogens (primary N) is 1. The molecule has 0 aromatic heterocycles. The van der Waals surface area contributed by atoms with Gasteiger partial charge >= 0.3 is 0 Å². The molecule has 6 nitrogen and oxygen atoms in total. The van der Waals surface area contributed by atoms with Crippen molar-refractivity contribution in [1.82, 2.24) is 4.90 Å². The molecule has 1 heterocycles.